The molecule has 0 bridgehead atoms. The van der Waals surface area contributed by atoms with Gasteiger partial charge in [-0.3, -0.25) is 9.59 Å². The van der Waals surface area contributed by atoms with Crippen molar-refractivity contribution in [3.63, 3.8) is 0 Å². The average Bonchev–Trinajstić information content (AvgIpc) is 3.25. The fraction of sp³-hybridized carbons (Fsp3) is 0.267. The molecule has 0 radical (unpaired) electrons. The third-order valence-corrected chi connectivity index (χ3v) is 7.06. The quantitative estimate of drug-likeness (QED) is 0.150. The summed E-state index contributed by atoms with van der Waals surface area (Å²) in [5, 5.41) is 9.58. The Kier molecular flexibility index (Phi) is 7.72. The fourth-order valence-electron chi connectivity index (χ4n) is 4.77. The lowest BCUT2D eigenvalue weighted by molar-refractivity contribution is -0.110. The van der Waals surface area contributed by atoms with Crippen LogP contribution in [0.5, 0.6) is 0 Å². The van der Waals surface area contributed by atoms with Crippen molar-refractivity contribution >= 4 is 40.0 Å². The summed E-state index contributed by atoms with van der Waals surface area (Å²) >= 11 is 0. The number of carbonyl (C=O) groups excluding carboxylic acids is 2. The number of piperazine rings is 1. The molecule has 0 aromatic heterocycles. The van der Waals surface area contributed by atoms with Crippen LogP contribution < -0.4 is 21.7 Å². The molecule has 0 saturated carbocycles. The summed E-state index contributed by atoms with van der Waals surface area (Å²) in [6.45, 7) is 6.65. The van der Waals surface area contributed by atoms with Gasteiger partial charge in [-0.1, -0.05) is 24.3 Å². The number of rotatable bonds is 9. The molecule has 3 aromatic rings. The van der Waals surface area contributed by atoms with Gasteiger partial charge in [-0.15, -0.1) is 0 Å². The van der Waals surface area contributed by atoms with E-state index in [1.807, 2.05) is 24.3 Å². The molecule has 5 N–H and O–H groups in total. The lowest BCUT2D eigenvalue weighted by atomic mass is 9.99. The van der Waals surface area contributed by atoms with Crippen LogP contribution in [-0.2, 0) is 4.79 Å². The normalized spacial score (nSPS) is 16.8. The van der Waals surface area contributed by atoms with E-state index in [-0.39, 0.29) is 11.7 Å². The van der Waals surface area contributed by atoms with Crippen LogP contribution in [0.25, 0.3) is 5.57 Å². The van der Waals surface area contributed by atoms with Gasteiger partial charge in [-0.25, -0.2) is 0 Å². The van der Waals surface area contributed by atoms with E-state index >= 15 is 0 Å². The SMILES string of the molecule is CN1CCN(CCCNc2ccc(NC=C3C(=O)Nc4cc(C(=O)c5cccc(N)c5)ccc43)cc2)CC1. The Morgan fingerprint density at radius 2 is 1.71 bits per heavy atom. The second-order valence-corrected chi connectivity index (χ2v) is 9.87. The van der Waals surface area contributed by atoms with Crippen LogP contribution in [0.3, 0.4) is 0 Å². The number of nitrogens with one attached hydrogen (secondary N) is 3. The van der Waals surface area contributed by atoms with Crippen molar-refractivity contribution in [1.29, 1.82) is 0 Å². The van der Waals surface area contributed by atoms with Crippen LogP contribution in [0.1, 0.15) is 27.9 Å². The molecule has 8 heteroatoms. The Morgan fingerprint density at radius 1 is 0.974 bits per heavy atom. The minimum Gasteiger partial charge on any atom is -0.399 e. The number of nitrogens with zero attached hydrogens (tertiary/aromatic N) is 2. The van der Waals surface area contributed by atoms with Crippen LogP contribution in [0.2, 0.25) is 0 Å². The maximum atomic E-state index is 12.9. The van der Waals surface area contributed by atoms with Crippen molar-refractivity contribution in [1.82, 2.24) is 9.80 Å². The highest BCUT2D eigenvalue weighted by Crippen LogP contribution is 2.33. The summed E-state index contributed by atoms with van der Waals surface area (Å²) in [7, 11) is 2.18. The molecule has 0 aliphatic carbocycles. The molecule has 0 atom stereocenters. The molecule has 3 aromatic carbocycles. The predicted octanol–water partition coefficient (Wildman–Crippen LogP) is 3.95. The number of ketones is 1. The molecule has 0 unspecified atom stereocenters. The minimum atomic E-state index is -0.209. The van der Waals surface area contributed by atoms with Crippen molar-refractivity contribution < 1.29 is 9.59 Å². The lowest BCUT2D eigenvalue weighted by Gasteiger charge is -2.32. The van der Waals surface area contributed by atoms with Crippen LogP contribution in [0.15, 0.2) is 72.9 Å². The summed E-state index contributed by atoms with van der Waals surface area (Å²) in [6, 6.07) is 20.2. The standard InChI is InChI=1S/C30H34N6O2/c1-35-14-16-36(17-15-35)13-3-12-32-24-7-9-25(10-8-24)33-20-27-26-11-6-22(19-28(26)34-30(27)38)29(37)21-4-2-5-23(31)18-21/h2,4-11,18-20,32-33H,3,12-17,31H2,1H3,(H,34,38). The summed E-state index contributed by atoms with van der Waals surface area (Å²) in [5.74, 6) is -0.349. The first-order valence-corrected chi connectivity index (χ1v) is 13.0. The van der Waals surface area contributed by atoms with E-state index < -0.39 is 0 Å². The highest BCUT2D eigenvalue weighted by molar-refractivity contribution is 6.32. The number of anilines is 4. The summed E-state index contributed by atoms with van der Waals surface area (Å²) in [4.78, 5) is 30.4. The molecule has 2 heterocycles. The zero-order valence-corrected chi connectivity index (χ0v) is 21.7. The maximum Gasteiger partial charge on any atom is 0.257 e. The molecule has 196 valence electrons. The second kappa shape index (κ2) is 11.5. The monoisotopic (exact) mass is 510 g/mol. The van der Waals surface area contributed by atoms with Gasteiger partial charge in [-0.05, 0) is 62.5 Å². The number of hydrogen-bond acceptors (Lipinski definition) is 7. The van der Waals surface area contributed by atoms with Gasteiger partial charge in [0.2, 0.25) is 0 Å². The molecule has 1 amide bonds. The Hall–Kier alpha value is -4.14. The van der Waals surface area contributed by atoms with Gasteiger partial charge in [0.15, 0.2) is 5.78 Å². The molecule has 2 aliphatic rings. The molecular formula is C30H34N6O2. The fourth-order valence-corrected chi connectivity index (χ4v) is 4.77. The molecule has 1 saturated heterocycles. The van der Waals surface area contributed by atoms with Gasteiger partial charge < -0.3 is 31.5 Å². The number of carbonyl (C=O) groups is 2. The van der Waals surface area contributed by atoms with E-state index in [0.29, 0.717) is 28.1 Å². The third-order valence-electron chi connectivity index (χ3n) is 7.06. The molecule has 8 nitrogen and oxygen atoms in total. The Morgan fingerprint density at radius 3 is 2.47 bits per heavy atom. The number of amides is 1. The van der Waals surface area contributed by atoms with Gasteiger partial charge in [0.25, 0.3) is 5.91 Å². The number of nitrogens with two attached hydrogens (primary N) is 1. The minimum absolute atomic E-state index is 0.141. The maximum absolute atomic E-state index is 12.9. The van der Waals surface area contributed by atoms with Crippen molar-refractivity contribution in [2.75, 3.05) is 68.0 Å². The van der Waals surface area contributed by atoms with Gasteiger partial charge in [-0.2, -0.15) is 0 Å². The smallest absolute Gasteiger partial charge is 0.257 e. The van der Waals surface area contributed by atoms with Crippen LogP contribution in [0, 0.1) is 0 Å². The second-order valence-electron chi connectivity index (χ2n) is 9.87. The average molecular weight is 511 g/mol. The van der Waals surface area contributed by atoms with Crippen molar-refractivity contribution in [2.24, 2.45) is 0 Å². The zero-order chi connectivity index (χ0) is 26.5. The highest BCUT2D eigenvalue weighted by atomic mass is 16.2. The molecule has 38 heavy (non-hydrogen) atoms. The van der Waals surface area contributed by atoms with E-state index in [1.54, 1.807) is 48.7 Å². The Labute approximate surface area is 223 Å². The van der Waals surface area contributed by atoms with E-state index in [2.05, 4.69) is 32.8 Å². The van der Waals surface area contributed by atoms with E-state index in [9.17, 15) is 9.59 Å². The largest absolute Gasteiger partial charge is 0.399 e. The number of likely N-dealkylation sites (N-methyl/N-ethyl adjacent to an activating group) is 1. The predicted molar refractivity (Wildman–Crippen MR) is 154 cm³/mol. The number of benzene rings is 3. The summed E-state index contributed by atoms with van der Waals surface area (Å²) < 4.78 is 0. The Balaban J connectivity index is 1.16. The first kappa shape index (κ1) is 25.5. The Bertz CT molecular complexity index is 1340. The first-order valence-electron chi connectivity index (χ1n) is 13.0. The van der Waals surface area contributed by atoms with Crippen LogP contribution >= 0.6 is 0 Å². The first-order chi connectivity index (χ1) is 18.5. The highest BCUT2D eigenvalue weighted by Gasteiger charge is 2.25. The molecule has 5 rings (SSSR count). The zero-order valence-electron chi connectivity index (χ0n) is 21.7. The molecule has 2 aliphatic heterocycles. The summed E-state index contributed by atoms with van der Waals surface area (Å²) in [5.41, 5.74) is 11.2. The van der Waals surface area contributed by atoms with E-state index in [0.717, 1.165) is 62.6 Å². The number of nitrogen functional groups attached to an aromatic ring is 1. The van der Waals surface area contributed by atoms with Gasteiger partial charge in [0.1, 0.15) is 0 Å². The molecular weight excluding hydrogens is 476 g/mol. The third kappa shape index (κ3) is 6.04. The van der Waals surface area contributed by atoms with Gasteiger partial charge >= 0.3 is 0 Å². The topological polar surface area (TPSA) is 103 Å². The number of hydrogen-bond donors (Lipinski definition) is 4. The van der Waals surface area contributed by atoms with Crippen molar-refractivity contribution in [2.45, 2.75) is 6.42 Å². The van der Waals surface area contributed by atoms with Crippen LogP contribution in [0.4, 0.5) is 22.7 Å². The van der Waals surface area contributed by atoms with E-state index in [1.165, 1.54) is 0 Å². The van der Waals surface area contributed by atoms with Gasteiger partial charge in [0, 0.05) is 78.4 Å². The van der Waals surface area contributed by atoms with E-state index in [4.69, 9.17) is 5.73 Å². The number of fused-ring (bicyclic) bond motifs is 1. The molecule has 0 spiro atoms. The summed E-state index contributed by atoms with van der Waals surface area (Å²) in [6.07, 6.45) is 2.82. The van der Waals surface area contributed by atoms with Crippen molar-refractivity contribution in [3.8, 4) is 0 Å². The van der Waals surface area contributed by atoms with Gasteiger partial charge in [0.05, 0.1) is 5.57 Å². The lowest BCUT2D eigenvalue weighted by Crippen LogP contribution is -2.44. The van der Waals surface area contributed by atoms with Crippen LogP contribution in [-0.4, -0.2) is 67.8 Å². The molecule has 1 fully saturated rings. The van der Waals surface area contributed by atoms with Crippen molar-refractivity contribution in [3.05, 3.63) is 89.6 Å².